The summed E-state index contributed by atoms with van der Waals surface area (Å²) in [6.07, 6.45) is 2.06. The molecule has 0 bridgehead atoms. The molecule has 1 aromatic heterocycles. The molecular formula is C15H25ClN4. The summed E-state index contributed by atoms with van der Waals surface area (Å²) in [5.41, 5.74) is 2.08. The first-order valence-corrected chi connectivity index (χ1v) is 7.52. The zero-order valence-electron chi connectivity index (χ0n) is 13.3. The number of hydrogen-bond donors (Lipinski definition) is 2. The van der Waals surface area contributed by atoms with Crippen LogP contribution in [0.15, 0.2) is 0 Å². The Morgan fingerprint density at radius 1 is 1.10 bits per heavy atom. The standard InChI is InChI=1S/C15H25ClN4/c1-9-10(2)17-13(19-12(9)16)18-11-7-14(3,4)20-15(5,6)8-11/h11,20H,7-8H2,1-6H3,(H,17,18,19). The largest absolute Gasteiger partial charge is 0.351 e. The third kappa shape index (κ3) is 3.61. The molecule has 0 aromatic carbocycles. The summed E-state index contributed by atoms with van der Waals surface area (Å²) in [6.45, 7) is 12.8. The molecule has 0 amide bonds. The van der Waals surface area contributed by atoms with Crippen molar-refractivity contribution in [3.8, 4) is 0 Å². The van der Waals surface area contributed by atoms with Gasteiger partial charge in [-0.15, -0.1) is 0 Å². The SMILES string of the molecule is Cc1nc(NC2CC(C)(C)NC(C)(C)C2)nc(Cl)c1C. The maximum atomic E-state index is 6.15. The Labute approximate surface area is 126 Å². The fraction of sp³-hybridized carbons (Fsp3) is 0.733. The number of halogens is 1. The summed E-state index contributed by atoms with van der Waals surface area (Å²) in [5, 5.41) is 7.66. The molecule has 20 heavy (non-hydrogen) atoms. The minimum atomic E-state index is 0.100. The van der Waals surface area contributed by atoms with E-state index in [4.69, 9.17) is 11.6 Å². The molecular weight excluding hydrogens is 272 g/mol. The van der Waals surface area contributed by atoms with Crippen LogP contribution in [0.25, 0.3) is 0 Å². The van der Waals surface area contributed by atoms with E-state index in [0.717, 1.165) is 24.1 Å². The van der Waals surface area contributed by atoms with Crippen LogP contribution in [-0.4, -0.2) is 27.1 Å². The zero-order chi connectivity index (χ0) is 15.1. The van der Waals surface area contributed by atoms with E-state index in [1.807, 2.05) is 13.8 Å². The molecule has 112 valence electrons. The van der Waals surface area contributed by atoms with Crippen LogP contribution in [0.4, 0.5) is 5.95 Å². The number of anilines is 1. The lowest BCUT2D eigenvalue weighted by Gasteiger charge is -2.46. The summed E-state index contributed by atoms with van der Waals surface area (Å²) in [5.74, 6) is 0.636. The maximum Gasteiger partial charge on any atom is 0.224 e. The first kappa shape index (κ1) is 15.5. The maximum absolute atomic E-state index is 6.15. The summed E-state index contributed by atoms with van der Waals surface area (Å²) in [7, 11) is 0. The highest BCUT2D eigenvalue weighted by molar-refractivity contribution is 6.30. The van der Waals surface area contributed by atoms with Gasteiger partial charge in [-0.3, -0.25) is 0 Å². The second-order valence-electron chi connectivity index (χ2n) is 7.19. The Hall–Kier alpha value is -0.870. The topological polar surface area (TPSA) is 49.8 Å². The van der Waals surface area contributed by atoms with Crippen molar-refractivity contribution in [1.82, 2.24) is 15.3 Å². The summed E-state index contributed by atoms with van der Waals surface area (Å²) in [6, 6.07) is 0.347. The Bertz CT molecular complexity index is 472. The number of nitrogens with zero attached hydrogens (tertiary/aromatic N) is 2. The predicted octanol–water partition coefficient (Wildman–Crippen LogP) is 3.47. The van der Waals surface area contributed by atoms with Crippen molar-refractivity contribution in [1.29, 1.82) is 0 Å². The Morgan fingerprint density at radius 2 is 1.65 bits per heavy atom. The van der Waals surface area contributed by atoms with Gasteiger partial charge in [-0.05, 0) is 54.4 Å². The molecule has 0 spiro atoms. The van der Waals surface area contributed by atoms with Crippen LogP contribution >= 0.6 is 11.6 Å². The van der Waals surface area contributed by atoms with Crippen molar-refractivity contribution in [2.24, 2.45) is 0 Å². The van der Waals surface area contributed by atoms with Crippen LogP contribution in [-0.2, 0) is 0 Å². The predicted molar refractivity (Wildman–Crippen MR) is 84.5 cm³/mol. The molecule has 1 fully saturated rings. The van der Waals surface area contributed by atoms with E-state index < -0.39 is 0 Å². The van der Waals surface area contributed by atoms with Gasteiger partial charge in [0, 0.05) is 28.4 Å². The Balaban J connectivity index is 2.17. The van der Waals surface area contributed by atoms with Gasteiger partial charge in [-0.25, -0.2) is 9.97 Å². The lowest BCUT2D eigenvalue weighted by Crippen LogP contribution is -2.60. The van der Waals surface area contributed by atoms with E-state index in [-0.39, 0.29) is 11.1 Å². The summed E-state index contributed by atoms with van der Waals surface area (Å²) >= 11 is 6.15. The van der Waals surface area contributed by atoms with Gasteiger partial charge in [-0.1, -0.05) is 11.6 Å². The quantitative estimate of drug-likeness (QED) is 0.821. The van der Waals surface area contributed by atoms with Crippen molar-refractivity contribution in [3.63, 3.8) is 0 Å². The molecule has 5 heteroatoms. The van der Waals surface area contributed by atoms with Crippen molar-refractivity contribution in [2.75, 3.05) is 5.32 Å². The molecule has 2 N–H and O–H groups in total. The molecule has 1 aliphatic heterocycles. The third-order valence-electron chi connectivity index (χ3n) is 3.85. The average molecular weight is 297 g/mol. The average Bonchev–Trinajstić information content (AvgIpc) is 2.21. The number of nitrogens with one attached hydrogen (secondary N) is 2. The van der Waals surface area contributed by atoms with Gasteiger partial charge >= 0.3 is 0 Å². The molecule has 0 atom stereocenters. The van der Waals surface area contributed by atoms with Crippen LogP contribution < -0.4 is 10.6 Å². The second-order valence-corrected chi connectivity index (χ2v) is 7.55. The van der Waals surface area contributed by atoms with Crippen LogP contribution in [0.5, 0.6) is 0 Å². The van der Waals surface area contributed by atoms with E-state index >= 15 is 0 Å². The van der Waals surface area contributed by atoms with Crippen molar-refractivity contribution in [2.45, 2.75) is 71.5 Å². The fourth-order valence-corrected chi connectivity index (χ4v) is 3.48. The van der Waals surface area contributed by atoms with E-state index in [9.17, 15) is 0 Å². The monoisotopic (exact) mass is 296 g/mol. The minimum Gasteiger partial charge on any atom is -0.351 e. The van der Waals surface area contributed by atoms with Gasteiger partial charge < -0.3 is 10.6 Å². The molecule has 1 aliphatic rings. The van der Waals surface area contributed by atoms with E-state index in [1.165, 1.54) is 0 Å². The third-order valence-corrected chi connectivity index (χ3v) is 4.22. The van der Waals surface area contributed by atoms with Crippen molar-refractivity contribution >= 4 is 17.5 Å². The van der Waals surface area contributed by atoms with Crippen LogP contribution in [0.2, 0.25) is 5.15 Å². The summed E-state index contributed by atoms with van der Waals surface area (Å²) in [4.78, 5) is 8.84. The number of aryl methyl sites for hydroxylation is 1. The number of hydrogen-bond acceptors (Lipinski definition) is 4. The highest BCUT2D eigenvalue weighted by atomic mass is 35.5. The molecule has 0 aliphatic carbocycles. The normalized spacial score (nSPS) is 21.8. The molecule has 0 saturated carbocycles. The highest BCUT2D eigenvalue weighted by Crippen LogP contribution is 2.30. The number of aromatic nitrogens is 2. The molecule has 4 nitrogen and oxygen atoms in total. The van der Waals surface area contributed by atoms with Gasteiger partial charge in [0.1, 0.15) is 5.15 Å². The second kappa shape index (κ2) is 5.15. The highest BCUT2D eigenvalue weighted by Gasteiger charge is 2.37. The minimum absolute atomic E-state index is 0.100. The van der Waals surface area contributed by atoms with Crippen molar-refractivity contribution < 1.29 is 0 Å². The van der Waals surface area contributed by atoms with E-state index in [2.05, 4.69) is 48.3 Å². The lowest BCUT2D eigenvalue weighted by molar-refractivity contribution is 0.170. The van der Waals surface area contributed by atoms with E-state index in [0.29, 0.717) is 17.1 Å². The first-order valence-electron chi connectivity index (χ1n) is 7.15. The van der Waals surface area contributed by atoms with Crippen LogP contribution in [0.1, 0.15) is 51.8 Å². The number of rotatable bonds is 2. The Kier molecular flexibility index (Phi) is 4.00. The van der Waals surface area contributed by atoms with Gasteiger partial charge in [-0.2, -0.15) is 0 Å². The van der Waals surface area contributed by atoms with Gasteiger partial charge in [0.25, 0.3) is 0 Å². The molecule has 2 heterocycles. The molecule has 2 rings (SSSR count). The smallest absolute Gasteiger partial charge is 0.224 e. The van der Waals surface area contributed by atoms with Crippen LogP contribution in [0, 0.1) is 13.8 Å². The lowest BCUT2D eigenvalue weighted by atomic mass is 9.80. The van der Waals surface area contributed by atoms with Gasteiger partial charge in [0.15, 0.2) is 0 Å². The molecule has 1 saturated heterocycles. The summed E-state index contributed by atoms with van der Waals surface area (Å²) < 4.78 is 0. The number of piperidine rings is 1. The molecule has 0 unspecified atom stereocenters. The Morgan fingerprint density at radius 3 is 2.15 bits per heavy atom. The molecule has 0 radical (unpaired) electrons. The van der Waals surface area contributed by atoms with Crippen LogP contribution in [0.3, 0.4) is 0 Å². The van der Waals surface area contributed by atoms with E-state index in [1.54, 1.807) is 0 Å². The first-order chi connectivity index (χ1) is 9.08. The fourth-order valence-electron chi connectivity index (χ4n) is 3.27. The van der Waals surface area contributed by atoms with Gasteiger partial charge in [0.05, 0.1) is 0 Å². The van der Waals surface area contributed by atoms with Gasteiger partial charge in [0.2, 0.25) is 5.95 Å². The van der Waals surface area contributed by atoms with Crippen molar-refractivity contribution in [3.05, 3.63) is 16.4 Å². The zero-order valence-corrected chi connectivity index (χ0v) is 14.0. The molecule has 1 aromatic rings.